The minimum atomic E-state index is -3.58. The number of sulfonamides is 1. The Balaban J connectivity index is 1.54. The Bertz CT molecular complexity index is 1430. The first kappa shape index (κ1) is 32.3. The van der Waals surface area contributed by atoms with E-state index < -0.39 is 16.1 Å². The van der Waals surface area contributed by atoms with Crippen molar-refractivity contribution >= 4 is 21.8 Å². The monoisotopic (exact) mass is 610 g/mol. The number of nitrogens with one attached hydrogen (secondary N) is 2. The maximum Gasteiger partial charge on any atom is 0.247 e. The lowest BCUT2D eigenvalue weighted by Crippen LogP contribution is -2.46. The second-order valence-corrected chi connectivity index (χ2v) is 12.1. The summed E-state index contributed by atoms with van der Waals surface area (Å²) in [6, 6.07) is 20.5. The second-order valence-electron chi connectivity index (χ2n) is 10.4. The molecule has 0 aromatic heterocycles. The molecule has 9 nitrogen and oxygen atoms in total. The predicted molar refractivity (Wildman–Crippen MR) is 162 cm³/mol. The Hall–Kier alpha value is -3.64. The molecule has 1 fully saturated rings. The molecule has 43 heavy (non-hydrogen) atoms. The zero-order valence-electron chi connectivity index (χ0n) is 24.4. The van der Waals surface area contributed by atoms with E-state index in [2.05, 4.69) is 14.9 Å². The van der Waals surface area contributed by atoms with Crippen LogP contribution in [0.3, 0.4) is 0 Å². The van der Waals surface area contributed by atoms with Crippen LogP contribution in [0, 0.1) is 5.82 Å². The number of carbonyl (C=O) groups excluding carboxylic acids is 2. The number of aryl methyl sites for hydroxylation is 1. The van der Waals surface area contributed by atoms with Gasteiger partial charge in [-0.05, 0) is 47.4 Å². The quantitative estimate of drug-likeness (QED) is 0.290. The molecule has 3 aromatic carbocycles. The summed E-state index contributed by atoms with van der Waals surface area (Å²) in [7, 11) is -3.58. The van der Waals surface area contributed by atoms with Gasteiger partial charge in [0.25, 0.3) is 0 Å². The minimum Gasteiger partial charge on any atom is -0.379 e. The fourth-order valence-electron chi connectivity index (χ4n) is 4.98. The molecule has 2 amide bonds. The van der Waals surface area contributed by atoms with Gasteiger partial charge in [-0.1, -0.05) is 61.5 Å². The number of carbonyl (C=O) groups is 2. The molecular weight excluding hydrogens is 571 g/mol. The zero-order valence-corrected chi connectivity index (χ0v) is 25.2. The van der Waals surface area contributed by atoms with Crippen LogP contribution in [0.4, 0.5) is 4.39 Å². The summed E-state index contributed by atoms with van der Waals surface area (Å²) < 4.78 is 46.1. The van der Waals surface area contributed by atoms with Crippen molar-refractivity contribution in [2.45, 2.75) is 37.2 Å². The molecule has 1 unspecified atom stereocenters. The number of hydrogen-bond acceptors (Lipinski definition) is 6. The van der Waals surface area contributed by atoms with Crippen LogP contribution in [0.5, 0.6) is 0 Å². The van der Waals surface area contributed by atoms with Crippen LogP contribution in [0.1, 0.15) is 36.1 Å². The fourth-order valence-corrected chi connectivity index (χ4v) is 6.02. The van der Waals surface area contributed by atoms with E-state index in [-0.39, 0.29) is 42.0 Å². The van der Waals surface area contributed by atoms with E-state index in [1.807, 2.05) is 30.3 Å². The summed E-state index contributed by atoms with van der Waals surface area (Å²) in [5, 5.41) is 3.03. The summed E-state index contributed by atoms with van der Waals surface area (Å²) in [5.41, 5.74) is 2.14. The zero-order chi connectivity index (χ0) is 30.7. The highest BCUT2D eigenvalue weighted by Crippen LogP contribution is 2.25. The first-order valence-electron chi connectivity index (χ1n) is 14.5. The molecule has 1 aliphatic heterocycles. The predicted octanol–water partition coefficient (Wildman–Crippen LogP) is 3.28. The number of nitrogens with zero attached hydrogens (tertiary/aromatic N) is 2. The second kappa shape index (κ2) is 15.7. The summed E-state index contributed by atoms with van der Waals surface area (Å²) in [4.78, 5) is 31.6. The van der Waals surface area contributed by atoms with Crippen molar-refractivity contribution in [1.82, 2.24) is 19.8 Å². The molecule has 1 heterocycles. The lowest BCUT2D eigenvalue weighted by molar-refractivity contribution is -0.141. The van der Waals surface area contributed by atoms with Crippen LogP contribution in [0.2, 0.25) is 0 Å². The van der Waals surface area contributed by atoms with Gasteiger partial charge in [0.15, 0.2) is 0 Å². The van der Waals surface area contributed by atoms with Gasteiger partial charge in [-0.3, -0.25) is 14.5 Å². The summed E-state index contributed by atoms with van der Waals surface area (Å²) in [5.74, 6) is -0.944. The maximum absolute atomic E-state index is 13.9. The standard InChI is InChI=1S/C32H39FN4O5S/c1-2-35-43(40,41)29-15-10-25(11-16-29)12-17-30(38)37(24-26-8-13-28(33)14-9-26)31(27-6-4-3-5-7-27)32(39)34-18-19-36-20-22-42-23-21-36/h3-11,13-16,31,35H,2,12,17-24H2,1H3,(H,34,39). The van der Waals surface area contributed by atoms with Gasteiger partial charge >= 0.3 is 0 Å². The van der Waals surface area contributed by atoms with E-state index in [1.165, 1.54) is 29.2 Å². The molecule has 0 radical (unpaired) electrons. The van der Waals surface area contributed by atoms with Crippen LogP contribution < -0.4 is 10.0 Å². The first-order valence-corrected chi connectivity index (χ1v) is 16.0. The normalized spacial score (nSPS) is 14.7. The largest absolute Gasteiger partial charge is 0.379 e. The van der Waals surface area contributed by atoms with Crippen LogP contribution >= 0.6 is 0 Å². The smallest absolute Gasteiger partial charge is 0.247 e. The molecular formula is C32H39FN4O5S. The van der Waals surface area contributed by atoms with Crippen molar-refractivity contribution in [3.8, 4) is 0 Å². The van der Waals surface area contributed by atoms with Gasteiger partial charge in [0.1, 0.15) is 11.9 Å². The van der Waals surface area contributed by atoms with Gasteiger partial charge in [0.05, 0.1) is 18.1 Å². The third-order valence-corrected chi connectivity index (χ3v) is 8.85. The number of amides is 2. The highest BCUT2D eigenvalue weighted by atomic mass is 32.2. The number of halogens is 1. The van der Waals surface area contributed by atoms with Gasteiger partial charge in [0.2, 0.25) is 21.8 Å². The van der Waals surface area contributed by atoms with E-state index in [0.29, 0.717) is 43.9 Å². The molecule has 4 rings (SSSR count). The van der Waals surface area contributed by atoms with Crippen molar-refractivity contribution in [2.24, 2.45) is 0 Å². The summed E-state index contributed by atoms with van der Waals surface area (Å²) in [6.07, 6.45) is 0.436. The van der Waals surface area contributed by atoms with Gasteiger partial charge in [0, 0.05) is 45.7 Å². The lowest BCUT2D eigenvalue weighted by Gasteiger charge is -2.32. The van der Waals surface area contributed by atoms with Crippen molar-refractivity contribution in [3.63, 3.8) is 0 Å². The highest BCUT2D eigenvalue weighted by Gasteiger charge is 2.31. The topological polar surface area (TPSA) is 108 Å². The Morgan fingerprint density at radius 3 is 2.26 bits per heavy atom. The van der Waals surface area contributed by atoms with Crippen LogP contribution in [-0.4, -0.2) is 76.0 Å². The van der Waals surface area contributed by atoms with E-state index >= 15 is 0 Å². The van der Waals surface area contributed by atoms with Crippen molar-refractivity contribution in [2.75, 3.05) is 45.9 Å². The Labute approximate surface area is 253 Å². The van der Waals surface area contributed by atoms with Gasteiger partial charge in [-0.2, -0.15) is 0 Å². The number of hydrogen-bond donors (Lipinski definition) is 2. The lowest BCUT2D eigenvalue weighted by atomic mass is 10.0. The van der Waals surface area contributed by atoms with Crippen molar-refractivity contribution in [3.05, 3.63) is 101 Å². The molecule has 0 aliphatic carbocycles. The Kier molecular flexibility index (Phi) is 11.8. The molecule has 0 spiro atoms. The summed E-state index contributed by atoms with van der Waals surface area (Å²) >= 11 is 0. The van der Waals surface area contributed by atoms with Gasteiger partial charge < -0.3 is 15.0 Å². The van der Waals surface area contributed by atoms with Gasteiger partial charge in [-0.25, -0.2) is 17.5 Å². The number of morpholine rings is 1. The fraction of sp³-hybridized carbons (Fsp3) is 0.375. The molecule has 0 saturated carbocycles. The van der Waals surface area contributed by atoms with E-state index in [4.69, 9.17) is 4.74 Å². The summed E-state index contributed by atoms with van der Waals surface area (Å²) in [6.45, 7) is 6.11. The maximum atomic E-state index is 13.9. The average Bonchev–Trinajstić information content (AvgIpc) is 3.02. The number of rotatable bonds is 14. The van der Waals surface area contributed by atoms with Crippen LogP contribution in [-0.2, 0) is 37.3 Å². The van der Waals surface area contributed by atoms with Crippen molar-refractivity contribution < 1.29 is 27.1 Å². The van der Waals surface area contributed by atoms with Gasteiger partial charge in [-0.15, -0.1) is 0 Å². The minimum absolute atomic E-state index is 0.0882. The Morgan fingerprint density at radius 1 is 0.953 bits per heavy atom. The average molecular weight is 611 g/mol. The van der Waals surface area contributed by atoms with E-state index in [0.717, 1.165) is 18.7 Å². The van der Waals surface area contributed by atoms with Crippen molar-refractivity contribution in [1.29, 1.82) is 0 Å². The molecule has 1 saturated heterocycles. The molecule has 11 heteroatoms. The molecule has 2 N–H and O–H groups in total. The van der Waals surface area contributed by atoms with Crippen LogP contribution in [0.15, 0.2) is 83.8 Å². The third-order valence-electron chi connectivity index (χ3n) is 7.29. The Morgan fingerprint density at radius 2 is 1.60 bits per heavy atom. The molecule has 230 valence electrons. The number of ether oxygens (including phenoxy) is 1. The van der Waals surface area contributed by atoms with Crippen LogP contribution in [0.25, 0.3) is 0 Å². The molecule has 0 bridgehead atoms. The third kappa shape index (κ3) is 9.42. The molecule has 3 aromatic rings. The highest BCUT2D eigenvalue weighted by molar-refractivity contribution is 7.89. The number of benzene rings is 3. The first-order chi connectivity index (χ1) is 20.8. The molecule has 1 atom stereocenters. The van der Waals surface area contributed by atoms with E-state index in [9.17, 15) is 22.4 Å². The SMILES string of the molecule is CCNS(=O)(=O)c1ccc(CCC(=O)N(Cc2ccc(F)cc2)C(C(=O)NCCN2CCOCC2)c2ccccc2)cc1. The van der Waals surface area contributed by atoms with E-state index in [1.54, 1.807) is 31.2 Å². The molecule has 1 aliphatic rings.